The SMILES string of the molecule is CCCNc1ncnc(-c2ccnc(C)c2)c1C. The summed E-state index contributed by atoms with van der Waals surface area (Å²) in [6.45, 7) is 7.09. The predicted molar refractivity (Wildman–Crippen MR) is 73.5 cm³/mol. The van der Waals surface area contributed by atoms with Crippen molar-refractivity contribution in [1.29, 1.82) is 0 Å². The monoisotopic (exact) mass is 242 g/mol. The first-order valence-corrected chi connectivity index (χ1v) is 6.21. The Hall–Kier alpha value is -1.97. The summed E-state index contributed by atoms with van der Waals surface area (Å²) in [5, 5.41) is 3.32. The number of pyridine rings is 1. The molecular formula is C14H18N4. The topological polar surface area (TPSA) is 50.7 Å². The van der Waals surface area contributed by atoms with Crippen LogP contribution in [0.2, 0.25) is 0 Å². The smallest absolute Gasteiger partial charge is 0.132 e. The third kappa shape index (κ3) is 2.64. The van der Waals surface area contributed by atoms with Gasteiger partial charge in [-0.05, 0) is 32.4 Å². The molecule has 0 radical (unpaired) electrons. The molecule has 0 spiro atoms. The minimum absolute atomic E-state index is 0.913. The Labute approximate surface area is 108 Å². The van der Waals surface area contributed by atoms with Crippen molar-refractivity contribution in [2.45, 2.75) is 27.2 Å². The molecule has 1 N–H and O–H groups in total. The highest BCUT2D eigenvalue weighted by molar-refractivity contribution is 5.67. The number of aryl methyl sites for hydroxylation is 1. The van der Waals surface area contributed by atoms with E-state index < -0.39 is 0 Å². The van der Waals surface area contributed by atoms with Gasteiger partial charge in [-0.2, -0.15) is 0 Å². The van der Waals surface area contributed by atoms with E-state index in [2.05, 4.69) is 27.2 Å². The van der Waals surface area contributed by atoms with Crippen LogP contribution in [0.5, 0.6) is 0 Å². The molecule has 0 aromatic carbocycles. The summed E-state index contributed by atoms with van der Waals surface area (Å²) in [7, 11) is 0. The van der Waals surface area contributed by atoms with Gasteiger partial charge in [0.1, 0.15) is 12.1 Å². The molecule has 0 saturated heterocycles. The van der Waals surface area contributed by atoms with Gasteiger partial charge in [0.15, 0.2) is 0 Å². The molecule has 0 atom stereocenters. The molecule has 0 bridgehead atoms. The van der Waals surface area contributed by atoms with E-state index in [9.17, 15) is 0 Å². The first-order valence-electron chi connectivity index (χ1n) is 6.21. The fourth-order valence-electron chi connectivity index (χ4n) is 1.86. The average molecular weight is 242 g/mol. The van der Waals surface area contributed by atoms with Gasteiger partial charge in [0.2, 0.25) is 0 Å². The molecule has 0 saturated carbocycles. The zero-order valence-electron chi connectivity index (χ0n) is 11.1. The van der Waals surface area contributed by atoms with Crippen LogP contribution < -0.4 is 5.32 Å². The van der Waals surface area contributed by atoms with Crippen molar-refractivity contribution in [1.82, 2.24) is 15.0 Å². The van der Waals surface area contributed by atoms with Gasteiger partial charge < -0.3 is 5.32 Å². The zero-order valence-corrected chi connectivity index (χ0v) is 11.1. The van der Waals surface area contributed by atoms with E-state index in [4.69, 9.17) is 0 Å². The molecule has 0 aliphatic rings. The molecule has 0 fully saturated rings. The third-order valence-corrected chi connectivity index (χ3v) is 2.80. The number of nitrogens with zero attached hydrogens (tertiary/aromatic N) is 3. The second kappa shape index (κ2) is 5.58. The Balaban J connectivity index is 2.39. The van der Waals surface area contributed by atoms with Crippen LogP contribution in [0, 0.1) is 13.8 Å². The number of rotatable bonds is 4. The van der Waals surface area contributed by atoms with Gasteiger partial charge in [0, 0.05) is 29.6 Å². The molecule has 18 heavy (non-hydrogen) atoms. The molecular weight excluding hydrogens is 224 g/mol. The summed E-state index contributed by atoms with van der Waals surface area (Å²) < 4.78 is 0. The summed E-state index contributed by atoms with van der Waals surface area (Å²) in [6, 6.07) is 4.02. The quantitative estimate of drug-likeness (QED) is 0.895. The minimum Gasteiger partial charge on any atom is -0.370 e. The van der Waals surface area contributed by atoms with Gasteiger partial charge in [-0.3, -0.25) is 4.98 Å². The van der Waals surface area contributed by atoms with Crippen molar-refractivity contribution in [3.8, 4) is 11.3 Å². The maximum absolute atomic E-state index is 4.38. The number of hydrogen-bond acceptors (Lipinski definition) is 4. The Bertz CT molecular complexity index is 537. The van der Waals surface area contributed by atoms with Crippen LogP contribution in [0.4, 0.5) is 5.82 Å². The van der Waals surface area contributed by atoms with Crippen molar-refractivity contribution in [2.24, 2.45) is 0 Å². The number of hydrogen-bond donors (Lipinski definition) is 1. The van der Waals surface area contributed by atoms with E-state index in [0.717, 1.165) is 41.3 Å². The largest absolute Gasteiger partial charge is 0.370 e. The lowest BCUT2D eigenvalue weighted by molar-refractivity contribution is 0.960. The van der Waals surface area contributed by atoms with Gasteiger partial charge >= 0.3 is 0 Å². The highest BCUT2D eigenvalue weighted by Crippen LogP contribution is 2.24. The van der Waals surface area contributed by atoms with E-state index in [1.54, 1.807) is 6.33 Å². The second-order valence-electron chi connectivity index (χ2n) is 4.31. The molecule has 0 amide bonds. The molecule has 94 valence electrons. The lowest BCUT2D eigenvalue weighted by Gasteiger charge is -2.11. The average Bonchev–Trinajstić information content (AvgIpc) is 2.37. The fourth-order valence-corrected chi connectivity index (χ4v) is 1.86. The molecule has 0 aliphatic heterocycles. The van der Waals surface area contributed by atoms with E-state index in [1.165, 1.54) is 0 Å². The standard InChI is InChI=1S/C14H18N4/c1-4-6-16-14-11(3)13(17-9-18-14)12-5-7-15-10(2)8-12/h5,7-9H,4,6H2,1-3H3,(H,16,17,18). The first kappa shape index (κ1) is 12.5. The van der Waals surface area contributed by atoms with Gasteiger partial charge in [-0.15, -0.1) is 0 Å². The third-order valence-electron chi connectivity index (χ3n) is 2.80. The fraction of sp³-hybridized carbons (Fsp3) is 0.357. The Kier molecular flexibility index (Phi) is 3.87. The zero-order chi connectivity index (χ0) is 13.0. The Morgan fingerprint density at radius 3 is 2.72 bits per heavy atom. The van der Waals surface area contributed by atoms with Gasteiger partial charge in [-0.25, -0.2) is 9.97 Å². The second-order valence-corrected chi connectivity index (χ2v) is 4.31. The lowest BCUT2D eigenvalue weighted by Crippen LogP contribution is -2.05. The number of nitrogens with one attached hydrogen (secondary N) is 1. The maximum Gasteiger partial charge on any atom is 0.132 e. The molecule has 2 aromatic heterocycles. The molecule has 0 unspecified atom stereocenters. The summed E-state index contributed by atoms with van der Waals surface area (Å²) in [6.07, 6.45) is 4.49. The van der Waals surface area contributed by atoms with E-state index in [0.29, 0.717) is 0 Å². The first-order chi connectivity index (χ1) is 8.72. The summed E-state index contributed by atoms with van der Waals surface area (Å²) in [5.74, 6) is 0.913. The molecule has 4 heteroatoms. The van der Waals surface area contributed by atoms with Gasteiger partial charge in [0.05, 0.1) is 5.69 Å². The molecule has 2 heterocycles. The number of anilines is 1. The van der Waals surface area contributed by atoms with Crippen molar-refractivity contribution < 1.29 is 0 Å². The van der Waals surface area contributed by atoms with Crippen LogP contribution in [0.15, 0.2) is 24.7 Å². The van der Waals surface area contributed by atoms with Crippen LogP contribution in [0.3, 0.4) is 0 Å². The van der Waals surface area contributed by atoms with Crippen LogP contribution >= 0.6 is 0 Å². The van der Waals surface area contributed by atoms with Crippen LogP contribution in [-0.2, 0) is 0 Å². The Morgan fingerprint density at radius 1 is 1.17 bits per heavy atom. The highest BCUT2D eigenvalue weighted by atomic mass is 15.0. The molecule has 2 rings (SSSR count). The van der Waals surface area contributed by atoms with Crippen molar-refractivity contribution in [3.63, 3.8) is 0 Å². The highest BCUT2D eigenvalue weighted by Gasteiger charge is 2.08. The summed E-state index contributed by atoms with van der Waals surface area (Å²) in [4.78, 5) is 12.9. The molecule has 2 aromatic rings. The minimum atomic E-state index is 0.913. The van der Waals surface area contributed by atoms with Gasteiger partial charge in [-0.1, -0.05) is 6.92 Å². The normalized spacial score (nSPS) is 10.4. The van der Waals surface area contributed by atoms with Crippen molar-refractivity contribution in [2.75, 3.05) is 11.9 Å². The maximum atomic E-state index is 4.38. The van der Waals surface area contributed by atoms with Crippen LogP contribution in [-0.4, -0.2) is 21.5 Å². The van der Waals surface area contributed by atoms with E-state index in [-0.39, 0.29) is 0 Å². The molecule has 0 aliphatic carbocycles. The van der Waals surface area contributed by atoms with E-state index >= 15 is 0 Å². The van der Waals surface area contributed by atoms with E-state index in [1.807, 2.05) is 32.2 Å². The van der Waals surface area contributed by atoms with Crippen LogP contribution in [0.25, 0.3) is 11.3 Å². The summed E-state index contributed by atoms with van der Waals surface area (Å²) >= 11 is 0. The van der Waals surface area contributed by atoms with Gasteiger partial charge in [0.25, 0.3) is 0 Å². The van der Waals surface area contributed by atoms with Crippen molar-refractivity contribution >= 4 is 5.82 Å². The Morgan fingerprint density at radius 2 is 2.00 bits per heavy atom. The summed E-state index contributed by atoms with van der Waals surface area (Å²) in [5.41, 5.74) is 4.13. The molecule has 4 nitrogen and oxygen atoms in total. The lowest BCUT2D eigenvalue weighted by atomic mass is 10.1. The van der Waals surface area contributed by atoms with Crippen molar-refractivity contribution in [3.05, 3.63) is 35.9 Å². The van der Waals surface area contributed by atoms with Crippen LogP contribution in [0.1, 0.15) is 24.6 Å². The predicted octanol–water partition coefficient (Wildman–Crippen LogP) is 2.98. The number of aromatic nitrogens is 3.